The molecule has 0 aromatic carbocycles. The standard InChI is InChI=1S/C25H43N3O6/c1-5-23(29)26-13-7-8-19-34-22(20-33-18-10-14-27-24(30)6-2)12-9-16-32-17-11-15-28-25(31)21(3)4/h5-6,22H,1-3,7-20H2,4H3,(H,26,29)(H,27,30)(H,28,31). The van der Waals surface area contributed by atoms with E-state index in [1.807, 2.05) is 0 Å². The molecule has 0 rings (SSSR count). The van der Waals surface area contributed by atoms with Gasteiger partial charge in [0.05, 0.1) is 12.7 Å². The summed E-state index contributed by atoms with van der Waals surface area (Å²) in [7, 11) is 0. The minimum absolute atomic E-state index is 0.0519. The molecule has 0 saturated heterocycles. The van der Waals surface area contributed by atoms with Gasteiger partial charge in [0.2, 0.25) is 17.7 Å². The van der Waals surface area contributed by atoms with E-state index in [-0.39, 0.29) is 23.8 Å². The van der Waals surface area contributed by atoms with Gasteiger partial charge in [-0.25, -0.2) is 0 Å². The van der Waals surface area contributed by atoms with E-state index in [9.17, 15) is 14.4 Å². The lowest BCUT2D eigenvalue weighted by Crippen LogP contribution is -2.26. The van der Waals surface area contributed by atoms with Crippen LogP contribution in [0, 0.1) is 0 Å². The number of ether oxygens (including phenoxy) is 3. The highest BCUT2D eigenvalue weighted by Crippen LogP contribution is 2.06. The Morgan fingerprint density at radius 3 is 1.94 bits per heavy atom. The highest BCUT2D eigenvalue weighted by molar-refractivity contribution is 5.92. The van der Waals surface area contributed by atoms with Crippen molar-refractivity contribution in [2.75, 3.05) is 52.7 Å². The predicted octanol–water partition coefficient (Wildman–Crippen LogP) is 2.04. The fourth-order valence-electron chi connectivity index (χ4n) is 2.69. The van der Waals surface area contributed by atoms with Crippen molar-refractivity contribution in [3.63, 3.8) is 0 Å². The van der Waals surface area contributed by atoms with Crippen molar-refractivity contribution in [1.82, 2.24) is 16.0 Å². The summed E-state index contributed by atoms with van der Waals surface area (Å²) < 4.78 is 17.3. The fourth-order valence-corrected chi connectivity index (χ4v) is 2.69. The van der Waals surface area contributed by atoms with Crippen LogP contribution in [-0.2, 0) is 28.6 Å². The summed E-state index contributed by atoms with van der Waals surface area (Å²) in [6.45, 7) is 16.6. The third-order valence-corrected chi connectivity index (χ3v) is 4.62. The number of nitrogens with one attached hydrogen (secondary N) is 3. The lowest BCUT2D eigenvalue weighted by molar-refractivity contribution is -0.118. The molecule has 0 aromatic heterocycles. The van der Waals surface area contributed by atoms with Crippen LogP contribution in [0.3, 0.4) is 0 Å². The highest BCUT2D eigenvalue weighted by atomic mass is 16.5. The molecule has 0 saturated carbocycles. The van der Waals surface area contributed by atoms with Crippen LogP contribution in [0.25, 0.3) is 0 Å². The largest absolute Gasteiger partial charge is 0.381 e. The molecule has 0 bridgehead atoms. The number of hydrogen-bond acceptors (Lipinski definition) is 6. The van der Waals surface area contributed by atoms with E-state index in [4.69, 9.17) is 14.2 Å². The molecule has 3 amide bonds. The molecule has 0 heterocycles. The molecular weight excluding hydrogens is 438 g/mol. The quantitative estimate of drug-likeness (QED) is 0.152. The van der Waals surface area contributed by atoms with Crippen molar-refractivity contribution in [3.8, 4) is 0 Å². The van der Waals surface area contributed by atoms with Gasteiger partial charge in [-0.1, -0.05) is 19.7 Å². The van der Waals surface area contributed by atoms with E-state index in [0.29, 0.717) is 64.7 Å². The van der Waals surface area contributed by atoms with Crippen molar-refractivity contribution >= 4 is 17.7 Å². The van der Waals surface area contributed by atoms with Crippen LogP contribution >= 0.6 is 0 Å². The first kappa shape index (κ1) is 31.5. The SMILES string of the molecule is C=CC(=O)NCCCCOC(CCCOCCCNC(=O)C(=C)C)COCCCNC(=O)C=C. The monoisotopic (exact) mass is 481 g/mol. The molecule has 0 spiro atoms. The maximum absolute atomic E-state index is 11.4. The van der Waals surface area contributed by atoms with E-state index in [0.717, 1.165) is 32.1 Å². The van der Waals surface area contributed by atoms with Crippen molar-refractivity contribution < 1.29 is 28.6 Å². The van der Waals surface area contributed by atoms with Gasteiger partial charge in [-0.05, 0) is 57.6 Å². The van der Waals surface area contributed by atoms with Gasteiger partial charge in [-0.2, -0.15) is 0 Å². The van der Waals surface area contributed by atoms with Crippen molar-refractivity contribution in [2.24, 2.45) is 0 Å². The molecule has 9 nitrogen and oxygen atoms in total. The minimum Gasteiger partial charge on any atom is -0.381 e. The molecule has 3 N–H and O–H groups in total. The molecular formula is C25H43N3O6. The first-order chi connectivity index (χ1) is 16.4. The summed E-state index contributed by atoms with van der Waals surface area (Å²) >= 11 is 0. The van der Waals surface area contributed by atoms with E-state index < -0.39 is 0 Å². The van der Waals surface area contributed by atoms with Gasteiger partial charge in [0.1, 0.15) is 0 Å². The van der Waals surface area contributed by atoms with Crippen LogP contribution < -0.4 is 16.0 Å². The molecule has 0 radical (unpaired) electrons. The Bertz CT molecular complexity index is 592. The normalized spacial score (nSPS) is 11.3. The lowest BCUT2D eigenvalue weighted by Gasteiger charge is -2.18. The highest BCUT2D eigenvalue weighted by Gasteiger charge is 2.10. The van der Waals surface area contributed by atoms with Crippen LogP contribution in [-0.4, -0.2) is 76.5 Å². The van der Waals surface area contributed by atoms with Crippen LogP contribution in [0.5, 0.6) is 0 Å². The Labute approximate surface area is 204 Å². The van der Waals surface area contributed by atoms with Crippen LogP contribution in [0.2, 0.25) is 0 Å². The molecule has 34 heavy (non-hydrogen) atoms. The Hall–Kier alpha value is -2.49. The zero-order valence-corrected chi connectivity index (χ0v) is 20.7. The number of carbonyl (C=O) groups is 3. The van der Waals surface area contributed by atoms with E-state index in [1.54, 1.807) is 6.92 Å². The fraction of sp³-hybridized carbons (Fsp3) is 0.640. The first-order valence-corrected chi connectivity index (χ1v) is 11.9. The Balaban J connectivity index is 4.04. The second-order valence-corrected chi connectivity index (χ2v) is 7.76. The minimum atomic E-state index is -0.191. The van der Waals surface area contributed by atoms with Gasteiger partial charge in [0.25, 0.3) is 0 Å². The zero-order valence-electron chi connectivity index (χ0n) is 20.7. The van der Waals surface area contributed by atoms with Crippen molar-refractivity contribution in [1.29, 1.82) is 0 Å². The van der Waals surface area contributed by atoms with E-state index in [2.05, 4.69) is 35.7 Å². The second kappa shape index (κ2) is 22.3. The molecule has 0 aliphatic carbocycles. The smallest absolute Gasteiger partial charge is 0.246 e. The molecule has 9 heteroatoms. The Kier molecular flexibility index (Phi) is 20.7. The summed E-state index contributed by atoms with van der Waals surface area (Å²) in [5, 5.41) is 8.23. The van der Waals surface area contributed by atoms with E-state index >= 15 is 0 Å². The van der Waals surface area contributed by atoms with Gasteiger partial charge >= 0.3 is 0 Å². The van der Waals surface area contributed by atoms with Gasteiger partial charge in [0, 0.05) is 51.6 Å². The third kappa shape index (κ3) is 20.1. The maximum atomic E-state index is 11.4. The number of carbonyl (C=O) groups excluding carboxylic acids is 3. The average molecular weight is 482 g/mol. The van der Waals surface area contributed by atoms with Gasteiger partial charge in [-0.15, -0.1) is 0 Å². The zero-order chi connectivity index (χ0) is 25.4. The van der Waals surface area contributed by atoms with Crippen LogP contribution in [0.4, 0.5) is 0 Å². The Morgan fingerprint density at radius 2 is 1.32 bits per heavy atom. The predicted molar refractivity (Wildman–Crippen MR) is 133 cm³/mol. The van der Waals surface area contributed by atoms with Gasteiger partial charge in [-0.3, -0.25) is 14.4 Å². The van der Waals surface area contributed by atoms with E-state index in [1.165, 1.54) is 12.2 Å². The Morgan fingerprint density at radius 1 is 0.765 bits per heavy atom. The first-order valence-electron chi connectivity index (χ1n) is 11.9. The van der Waals surface area contributed by atoms with Gasteiger partial charge in [0.15, 0.2) is 0 Å². The lowest BCUT2D eigenvalue weighted by atomic mass is 10.2. The number of unbranched alkanes of at least 4 members (excludes halogenated alkanes) is 1. The van der Waals surface area contributed by atoms with Crippen LogP contribution in [0.15, 0.2) is 37.5 Å². The molecule has 194 valence electrons. The molecule has 0 aliphatic heterocycles. The summed E-state index contributed by atoms with van der Waals surface area (Å²) in [5.74, 6) is -0.496. The van der Waals surface area contributed by atoms with Crippen molar-refractivity contribution in [2.45, 2.75) is 51.6 Å². The van der Waals surface area contributed by atoms with Gasteiger partial charge < -0.3 is 30.2 Å². The topological polar surface area (TPSA) is 115 Å². The second-order valence-electron chi connectivity index (χ2n) is 7.76. The van der Waals surface area contributed by atoms with Crippen molar-refractivity contribution in [3.05, 3.63) is 37.5 Å². The number of amides is 3. The molecule has 1 unspecified atom stereocenters. The summed E-state index contributed by atoms with van der Waals surface area (Å²) in [6, 6.07) is 0. The molecule has 1 atom stereocenters. The van der Waals surface area contributed by atoms with Crippen LogP contribution in [0.1, 0.15) is 45.4 Å². The summed E-state index contributed by atoms with van der Waals surface area (Å²) in [4.78, 5) is 33.7. The molecule has 0 aromatic rings. The maximum Gasteiger partial charge on any atom is 0.246 e. The number of rotatable bonds is 23. The summed E-state index contributed by atoms with van der Waals surface area (Å²) in [6.07, 6.45) is 7.18. The average Bonchev–Trinajstić information content (AvgIpc) is 2.83. The third-order valence-electron chi connectivity index (χ3n) is 4.62. The molecule has 0 fully saturated rings. The molecule has 0 aliphatic rings. The summed E-state index contributed by atoms with van der Waals surface area (Å²) in [5.41, 5.74) is 0.497. The number of hydrogen-bond donors (Lipinski definition) is 3.